The molecule has 1 N–H and O–H groups in total. The standard InChI is InChI=1S/C20H25N3O3/c1-3-13-22(16-10-5-4-6-11-16)17(24)14-23-18(25)20(21-19(23)26)12-8-7-9-15(20)2/h3-6,10-11,15H,1,7-9,12-14H2,2H3,(H,21,26)/t15-,20+/m1/s1. The van der Waals surface area contributed by atoms with Crippen molar-refractivity contribution in [1.29, 1.82) is 0 Å². The van der Waals surface area contributed by atoms with Crippen LogP contribution in [0.15, 0.2) is 43.0 Å². The van der Waals surface area contributed by atoms with Gasteiger partial charge in [0.1, 0.15) is 12.1 Å². The minimum atomic E-state index is -0.842. The fraction of sp³-hybridized carbons (Fsp3) is 0.450. The SMILES string of the molecule is C=CCN(C(=O)CN1C(=O)N[C@]2(CCCC[C@H]2C)C1=O)c1ccccc1. The molecule has 2 fully saturated rings. The normalized spacial score (nSPS) is 25.3. The zero-order chi connectivity index (χ0) is 18.7. The van der Waals surface area contributed by atoms with Crippen molar-refractivity contribution >= 4 is 23.5 Å². The summed E-state index contributed by atoms with van der Waals surface area (Å²) in [6.07, 6.45) is 5.14. The molecule has 4 amide bonds. The number of nitrogens with zero attached hydrogens (tertiary/aromatic N) is 2. The van der Waals surface area contributed by atoms with Crippen LogP contribution in [0.5, 0.6) is 0 Å². The largest absolute Gasteiger partial charge is 0.325 e. The van der Waals surface area contributed by atoms with Gasteiger partial charge in [-0.2, -0.15) is 0 Å². The lowest BCUT2D eigenvalue weighted by molar-refractivity contribution is -0.136. The summed E-state index contributed by atoms with van der Waals surface area (Å²) < 4.78 is 0. The highest BCUT2D eigenvalue weighted by Crippen LogP contribution is 2.38. The summed E-state index contributed by atoms with van der Waals surface area (Å²) in [7, 11) is 0. The maximum Gasteiger partial charge on any atom is 0.325 e. The first kappa shape index (κ1) is 18.2. The molecule has 1 spiro atoms. The molecule has 3 rings (SSSR count). The molecule has 0 bridgehead atoms. The fourth-order valence-electron chi connectivity index (χ4n) is 3.95. The van der Waals surface area contributed by atoms with Gasteiger partial charge in [-0.05, 0) is 30.9 Å². The van der Waals surface area contributed by atoms with Gasteiger partial charge in [-0.25, -0.2) is 4.79 Å². The number of carbonyl (C=O) groups excluding carboxylic acids is 3. The Bertz CT molecular complexity index is 718. The number of rotatable bonds is 5. The number of hydrogen-bond acceptors (Lipinski definition) is 3. The Morgan fingerprint density at radius 1 is 1.35 bits per heavy atom. The third-order valence-corrected chi connectivity index (χ3v) is 5.48. The molecule has 0 unspecified atom stereocenters. The molecule has 6 heteroatoms. The monoisotopic (exact) mass is 355 g/mol. The first-order valence-electron chi connectivity index (χ1n) is 9.10. The van der Waals surface area contributed by atoms with Gasteiger partial charge in [0, 0.05) is 12.2 Å². The van der Waals surface area contributed by atoms with Crippen LogP contribution in [0, 0.1) is 5.92 Å². The summed E-state index contributed by atoms with van der Waals surface area (Å²) in [6, 6.07) is 8.71. The number of benzene rings is 1. The van der Waals surface area contributed by atoms with Crippen LogP contribution >= 0.6 is 0 Å². The number of nitrogens with one attached hydrogen (secondary N) is 1. The van der Waals surface area contributed by atoms with Crippen LogP contribution in [-0.4, -0.2) is 41.4 Å². The molecule has 1 aromatic carbocycles. The maximum atomic E-state index is 13.0. The smallest absolute Gasteiger partial charge is 0.323 e. The van der Waals surface area contributed by atoms with E-state index in [1.165, 1.54) is 4.90 Å². The second-order valence-electron chi connectivity index (χ2n) is 7.07. The molecule has 1 aliphatic carbocycles. The summed E-state index contributed by atoms with van der Waals surface area (Å²) in [5, 5.41) is 2.88. The number of carbonyl (C=O) groups is 3. The molecule has 1 heterocycles. The molecular weight excluding hydrogens is 330 g/mol. The second-order valence-corrected chi connectivity index (χ2v) is 7.07. The Morgan fingerprint density at radius 2 is 2.08 bits per heavy atom. The van der Waals surface area contributed by atoms with E-state index in [1.54, 1.807) is 6.08 Å². The maximum absolute atomic E-state index is 13.0. The van der Waals surface area contributed by atoms with Gasteiger partial charge < -0.3 is 10.2 Å². The number of imide groups is 1. The quantitative estimate of drug-likeness (QED) is 0.652. The Labute approximate surface area is 153 Å². The van der Waals surface area contributed by atoms with E-state index in [0.717, 1.165) is 24.2 Å². The lowest BCUT2D eigenvalue weighted by Gasteiger charge is -2.36. The van der Waals surface area contributed by atoms with E-state index in [0.29, 0.717) is 18.7 Å². The van der Waals surface area contributed by atoms with Crippen molar-refractivity contribution in [1.82, 2.24) is 10.2 Å². The first-order chi connectivity index (χ1) is 12.5. The fourth-order valence-corrected chi connectivity index (χ4v) is 3.95. The Balaban J connectivity index is 1.79. The van der Waals surface area contributed by atoms with Gasteiger partial charge in [0.15, 0.2) is 0 Å². The van der Waals surface area contributed by atoms with Crippen molar-refractivity contribution in [3.63, 3.8) is 0 Å². The van der Waals surface area contributed by atoms with E-state index in [4.69, 9.17) is 0 Å². The van der Waals surface area contributed by atoms with Gasteiger partial charge >= 0.3 is 6.03 Å². The number of amides is 4. The van der Waals surface area contributed by atoms with Gasteiger partial charge in [0.2, 0.25) is 5.91 Å². The Morgan fingerprint density at radius 3 is 2.73 bits per heavy atom. The molecule has 6 nitrogen and oxygen atoms in total. The molecule has 2 aliphatic rings. The third-order valence-electron chi connectivity index (χ3n) is 5.48. The minimum absolute atomic E-state index is 0.0752. The third kappa shape index (κ3) is 3.11. The zero-order valence-corrected chi connectivity index (χ0v) is 15.1. The molecule has 1 aliphatic heterocycles. The number of hydrogen-bond donors (Lipinski definition) is 1. The lowest BCUT2D eigenvalue weighted by atomic mass is 9.73. The minimum Gasteiger partial charge on any atom is -0.323 e. The van der Waals surface area contributed by atoms with E-state index >= 15 is 0 Å². The van der Waals surface area contributed by atoms with Gasteiger partial charge in [0.05, 0.1) is 0 Å². The van der Waals surface area contributed by atoms with Gasteiger partial charge in [-0.1, -0.05) is 44.0 Å². The summed E-state index contributed by atoms with van der Waals surface area (Å²) >= 11 is 0. The molecule has 0 radical (unpaired) electrons. The summed E-state index contributed by atoms with van der Waals surface area (Å²) in [5.41, 5.74) is -0.128. The van der Waals surface area contributed by atoms with Crippen molar-refractivity contribution in [3.8, 4) is 0 Å². The van der Waals surface area contributed by atoms with Crippen molar-refractivity contribution in [2.75, 3.05) is 18.0 Å². The lowest BCUT2D eigenvalue weighted by Crippen LogP contribution is -2.54. The highest BCUT2D eigenvalue weighted by atomic mass is 16.2. The van der Waals surface area contributed by atoms with Crippen LogP contribution in [0.25, 0.3) is 0 Å². The molecular formula is C20H25N3O3. The molecule has 1 aromatic rings. The summed E-state index contributed by atoms with van der Waals surface area (Å²) in [5.74, 6) is -0.499. The second kappa shape index (κ2) is 7.32. The van der Waals surface area contributed by atoms with Crippen LogP contribution < -0.4 is 10.2 Å². The molecule has 1 saturated heterocycles. The van der Waals surface area contributed by atoms with Crippen molar-refractivity contribution in [2.45, 2.75) is 38.1 Å². The predicted octanol–water partition coefficient (Wildman–Crippen LogP) is 2.71. The molecule has 0 aromatic heterocycles. The molecule has 138 valence electrons. The molecule has 2 atom stereocenters. The van der Waals surface area contributed by atoms with Crippen LogP contribution in [0.4, 0.5) is 10.5 Å². The average molecular weight is 355 g/mol. The zero-order valence-electron chi connectivity index (χ0n) is 15.1. The van der Waals surface area contributed by atoms with Gasteiger partial charge in [-0.3, -0.25) is 14.5 Å². The predicted molar refractivity (Wildman–Crippen MR) is 99.6 cm³/mol. The molecule has 26 heavy (non-hydrogen) atoms. The van der Waals surface area contributed by atoms with Crippen LogP contribution in [0.3, 0.4) is 0 Å². The van der Waals surface area contributed by atoms with Gasteiger partial charge in [0.25, 0.3) is 5.91 Å². The van der Waals surface area contributed by atoms with E-state index in [2.05, 4.69) is 11.9 Å². The topological polar surface area (TPSA) is 69.7 Å². The first-order valence-corrected chi connectivity index (χ1v) is 9.10. The van der Waals surface area contributed by atoms with E-state index in [1.807, 2.05) is 37.3 Å². The van der Waals surface area contributed by atoms with E-state index in [9.17, 15) is 14.4 Å². The van der Waals surface area contributed by atoms with Crippen molar-refractivity contribution in [2.24, 2.45) is 5.92 Å². The van der Waals surface area contributed by atoms with Crippen LogP contribution in [0.2, 0.25) is 0 Å². The average Bonchev–Trinajstić information content (AvgIpc) is 2.88. The van der Waals surface area contributed by atoms with Gasteiger partial charge in [-0.15, -0.1) is 6.58 Å². The number of anilines is 1. The van der Waals surface area contributed by atoms with Crippen molar-refractivity contribution in [3.05, 3.63) is 43.0 Å². The van der Waals surface area contributed by atoms with Crippen LogP contribution in [0.1, 0.15) is 32.6 Å². The van der Waals surface area contributed by atoms with Crippen molar-refractivity contribution < 1.29 is 14.4 Å². The molecule has 1 saturated carbocycles. The number of urea groups is 1. The summed E-state index contributed by atoms with van der Waals surface area (Å²) in [4.78, 5) is 40.9. The van der Waals surface area contributed by atoms with E-state index in [-0.39, 0.29) is 24.3 Å². The number of para-hydroxylation sites is 1. The van der Waals surface area contributed by atoms with Crippen LogP contribution in [-0.2, 0) is 9.59 Å². The highest BCUT2D eigenvalue weighted by molar-refractivity contribution is 6.10. The van der Waals surface area contributed by atoms with E-state index < -0.39 is 11.6 Å². The highest BCUT2D eigenvalue weighted by Gasteiger charge is 2.55. The Kier molecular flexibility index (Phi) is 5.11. The Hall–Kier alpha value is -2.63. The summed E-state index contributed by atoms with van der Waals surface area (Å²) in [6.45, 7) is 5.74.